The average Bonchev–Trinajstić information content (AvgIpc) is 2.88. The third-order valence-electron chi connectivity index (χ3n) is 8.12. The number of nitro benzene ring substituents is 1. The van der Waals surface area contributed by atoms with Crippen LogP contribution >= 0.6 is 0 Å². The van der Waals surface area contributed by atoms with E-state index in [1.807, 2.05) is 0 Å². The van der Waals surface area contributed by atoms with Crippen LogP contribution in [0.2, 0.25) is 0 Å². The van der Waals surface area contributed by atoms with Crippen molar-refractivity contribution in [1.29, 1.82) is 0 Å². The number of piperidine rings is 2. The van der Waals surface area contributed by atoms with Crippen LogP contribution in [0.4, 0.5) is 17.5 Å². The van der Waals surface area contributed by atoms with Gasteiger partial charge in [-0.25, -0.2) is 4.98 Å². The van der Waals surface area contributed by atoms with E-state index in [2.05, 4.69) is 23.6 Å². The number of nitrogens with zero attached hydrogens (tertiary/aromatic N) is 6. The maximum atomic E-state index is 13.4. The van der Waals surface area contributed by atoms with Gasteiger partial charge in [-0.3, -0.25) is 14.9 Å². The molecule has 0 saturated carbocycles. The van der Waals surface area contributed by atoms with Crippen molar-refractivity contribution in [2.45, 2.75) is 59.4 Å². The first-order chi connectivity index (χ1) is 17.3. The van der Waals surface area contributed by atoms with Crippen LogP contribution in [0.3, 0.4) is 0 Å². The fourth-order valence-electron chi connectivity index (χ4n) is 5.51. The summed E-state index contributed by atoms with van der Waals surface area (Å²) in [6.45, 7) is 11.1. The van der Waals surface area contributed by atoms with Gasteiger partial charge in [0.25, 0.3) is 11.6 Å². The van der Waals surface area contributed by atoms with Gasteiger partial charge >= 0.3 is 0 Å². The number of aryl methyl sites for hydroxylation is 1. The predicted molar refractivity (Wildman–Crippen MR) is 140 cm³/mol. The van der Waals surface area contributed by atoms with E-state index in [9.17, 15) is 14.9 Å². The Morgan fingerprint density at radius 1 is 0.972 bits per heavy atom. The molecule has 0 radical (unpaired) electrons. The van der Waals surface area contributed by atoms with Crippen LogP contribution in [-0.2, 0) is 13.0 Å². The van der Waals surface area contributed by atoms with Crippen LogP contribution < -0.4 is 9.80 Å². The molecule has 192 valence electrons. The Morgan fingerprint density at radius 3 is 2.25 bits per heavy atom. The summed E-state index contributed by atoms with van der Waals surface area (Å²) >= 11 is 0. The molecule has 3 aliphatic heterocycles. The fourth-order valence-corrected chi connectivity index (χ4v) is 5.51. The number of amides is 1. The van der Waals surface area contributed by atoms with Crippen molar-refractivity contribution in [2.24, 2.45) is 11.8 Å². The summed E-state index contributed by atoms with van der Waals surface area (Å²) in [6, 6.07) is 4.74. The van der Waals surface area contributed by atoms with Crippen molar-refractivity contribution in [1.82, 2.24) is 14.9 Å². The predicted octanol–water partition coefficient (Wildman–Crippen LogP) is 4.36. The SMILES string of the molecule is Cc1ccc(C(=O)N2CCc3nc(N4CCC(C)CC4)nc(N4CCC(C)CC4)c3C2)cc1[N+](=O)[O-]. The molecule has 36 heavy (non-hydrogen) atoms. The molecule has 4 heterocycles. The standard InChI is InChI=1S/C27H36N6O3/c1-18-6-11-30(12-7-18)25-22-17-32(26(34)21-5-4-20(3)24(16-21)33(35)36)15-10-23(22)28-27(29-25)31-13-8-19(2)9-14-31/h4-5,16,18-19H,6-15,17H2,1-3H3. The maximum absolute atomic E-state index is 13.4. The highest BCUT2D eigenvalue weighted by Crippen LogP contribution is 2.33. The lowest BCUT2D eigenvalue weighted by Gasteiger charge is -2.37. The van der Waals surface area contributed by atoms with E-state index in [1.54, 1.807) is 24.0 Å². The van der Waals surface area contributed by atoms with Crippen LogP contribution in [-0.4, -0.2) is 58.4 Å². The van der Waals surface area contributed by atoms with Crippen LogP contribution in [0.25, 0.3) is 0 Å². The Morgan fingerprint density at radius 2 is 1.61 bits per heavy atom. The lowest BCUT2D eigenvalue weighted by atomic mass is 9.97. The molecule has 2 saturated heterocycles. The quantitative estimate of drug-likeness (QED) is 0.462. The maximum Gasteiger partial charge on any atom is 0.273 e. The Bertz CT molecular complexity index is 1150. The summed E-state index contributed by atoms with van der Waals surface area (Å²) in [5.41, 5.74) is 2.94. The first kappa shape index (κ1) is 24.5. The van der Waals surface area contributed by atoms with Gasteiger partial charge in [0.2, 0.25) is 5.95 Å². The highest BCUT2D eigenvalue weighted by molar-refractivity contribution is 5.95. The largest absolute Gasteiger partial charge is 0.356 e. The van der Waals surface area contributed by atoms with Gasteiger partial charge < -0.3 is 14.7 Å². The van der Waals surface area contributed by atoms with Crippen LogP contribution in [0, 0.1) is 28.9 Å². The molecule has 9 nitrogen and oxygen atoms in total. The van der Waals surface area contributed by atoms with E-state index in [4.69, 9.17) is 9.97 Å². The molecule has 2 aromatic rings. The molecule has 1 aromatic heterocycles. The van der Waals surface area contributed by atoms with Gasteiger partial charge in [0, 0.05) is 61.9 Å². The molecule has 0 N–H and O–H groups in total. The molecular formula is C27H36N6O3. The van der Waals surface area contributed by atoms with Gasteiger partial charge in [0.1, 0.15) is 5.82 Å². The smallest absolute Gasteiger partial charge is 0.273 e. The van der Waals surface area contributed by atoms with E-state index in [-0.39, 0.29) is 11.6 Å². The third-order valence-corrected chi connectivity index (χ3v) is 8.12. The average molecular weight is 493 g/mol. The zero-order valence-electron chi connectivity index (χ0n) is 21.6. The van der Waals surface area contributed by atoms with E-state index in [0.717, 1.165) is 80.8 Å². The van der Waals surface area contributed by atoms with Crippen molar-refractivity contribution >= 4 is 23.4 Å². The van der Waals surface area contributed by atoms with Crippen molar-refractivity contribution in [2.75, 3.05) is 42.5 Å². The minimum atomic E-state index is -0.427. The number of carbonyl (C=O) groups is 1. The molecule has 1 amide bonds. The van der Waals surface area contributed by atoms with Crippen molar-refractivity contribution in [3.8, 4) is 0 Å². The lowest BCUT2D eigenvalue weighted by molar-refractivity contribution is -0.385. The molecule has 1 aromatic carbocycles. The number of anilines is 2. The third kappa shape index (κ3) is 4.88. The van der Waals surface area contributed by atoms with Crippen molar-refractivity contribution in [3.63, 3.8) is 0 Å². The molecular weight excluding hydrogens is 456 g/mol. The topological polar surface area (TPSA) is 95.7 Å². The lowest BCUT2D eigenvalue weighted by Crippen LogP contribution is -2.41. The normalized spacial score (nSPS) is 19.4. The monoisotopic (exact) mass is 492 g/mol. The molecule has 9 heteroatoms. The molecule has 0 spiro atoms. The van der Waals surface area contributed by atoms with Crippen molar-refractivity contribution in [3.05, 3.63) is 50.7 Å². The number of carbonyl (C=O) groups excluding carboxylic acids is 1. The number of hydrogen-bond donors (Lipinski definition) is 0. The van der Waals surface area contributed by atoms with Crippen LogP contribution in [0.5, 0.6) is 0 Å². The molecule has 0 bridgehead atoms. The highest BCUT2D eigenvalue weighted by Gasteiger charge is 2.31. The molecule has 3 aliphatic rings. The first-order valence-electron chi connectivity index (χ1n) is 13.2. The van der Waals surface area contributed by atoms with E-state index in [0.29, 0.717) is 36.6 Å². The Balaban J connectivity index is 1.45. The van der Waals surface area contributed by atoms with Crippen LogP contribution in [0.1, 0.15) is 66.7 Å². The van der Waals surface area contributed by atoms with Gasteiger partial charge in [-0.15, -0.1) is 0 Å². The second-order valence-corrected chi connectivity index (χ2v) is 10.8. The van der Waals surface area contributed by atoms with Crippen molar-refractivity contribution < 1.29 is 9.72 Å². The zero-order chi connectivity index (χ0) is 25.4. The molecule has 0 atom stereocenters. The second kappa shape index (κ2) is 10.0. The number of benzene rings is 1. The number of fused-ring (bicyclic) bond motifs is 1. The minimum Gasteiger partial charge on any atom is -0.356 e. The van der Waals surface area contributed by atoms with E-state index >= 15 is 0 Å². The molecule has 0 aliphatic carbocycles. The van der Waals surface area contributed by atoms with E-state index < -0.39 is 4.92 Å². The highest BCUT2D eigenvalue weighted by atomic mass is 16.6. The first-order valence-corrected chi connectivity index (χ1v) is 13.2. The Kier molecular flexibility index (Phi) is 6.81. The summed E-state index contributed by atoms with van der Waals surface area (Å²) in [4.78, 5) is 41.0. The zero-order valence-corrected chi connectivity index (χ0v) is 21.6. The van der Waals surface area contributed by atoms with Gasteiger partial charge in [-0.1, -0.05) is 19.9 Å². The van der Waals surface area contributed by atoms with Gasteiger partial charge in [-0.05, 0) is 50.5 Å². The van der Waals surface area contributed by atoms with Gasteiger partial charge in [-0.2, -0.15) is 4.98 Å². The second-order valence-electron chi connectivity index (χ2n) is 10.8. The van der Waals surface area contributed by atoms with Gasteiger partial charge in [0.05, 0.1) is 17.2 Å². The van der Waals surface area contributed by atoms with Gasteiger partial charge in [0.15, 0.2) is 0 Å². The number of hydrogen-bond acceptors (Lipinski definition) is 7. The van der Waals surface area contributed by atoms with E-state index in [1.165, 1.54) is 6.07 Å². The summed E-state index contributed by atoms with van der Waals surface area (Å²) in [6.07, 6.45) is 5.23. The number of nitro groups is 1. The summed E-state index contributed by atoms with van der Waals surface area (Å²) in [5, 5.41) is 11.4. The minimum absolute atomic E-state index is 0.0230. The Hall–Kier alpha value is -3.23. The summed E-state index contributed by atoms with van der Waals surface area (Å²) < 4.78 is 0. The summed E-state index contributed by atoms with van der Waals surface area (Å²) in [5.74, 6) is 3.05. The molecule has 2 fully saturated rings. The number of aromatic nitrogens is 2. The number of rotatable bonds is 4. The molecule has 0 unspecified atom stereocenters. The molecule has 5 rings (SSSR count). The summed E-state index contributed by atoms with van der Waals surface area (Å²) in [7, 11) is 0. The Labute approximate surface area is 212 Å². The van der Waals surface area contributed by atoms with Crippen LogP contribution in [0.15, 0.2) is 18.2 Å². The fraction of sp³-hybridized carbons (Fsp3) is 0.593.